The molecule has 12 rings (SSSR count). The Hall–Kier alpha value is -7.99. The summed E-state index contributed by atoms with van der Waals surface area (Å²) in [5.74, 6) is 1.94. The van der Waals surface area contributed by atoms with Gasteiger partial charge in [-0.15, -0.1) is 11.3 Å². The van der Waals surface area contributed by atoms with Crippen molar-refractivity contribution in [1.29, 1.82) is 0 Å². The second-order valence-corrected chi connectivity index (χ2v) is 16.7. The first-order valence-electron chi connectivity index (χ1n) is 20.8. The maximum Gasteiger partial charge on any atom is 0.164 e. The van der Waals surface area contributed by atoms with Crippen LogP contribution < -0.4 is 0 Å². The molecule has 3 aromatic heterocycles. The average Bonchev–Trinajstić information content (AvgIpc) is 3.90. The topological polar surface area (TPSA) is 43.6 Å². The van der Waals surface area contributed by atoms with E-state index in [9.17, 15) is 0 Å². The highest BCUT2D eigenvalue weighted by atomic mass is 32.1. The van der Waals surface area contributed by atoms with E-state index in [0.29, 0.717) is 17.5 Å². The van der Waals surface area contributed by atoms with E-state index in [-0.39, 0.29) is 0 Å². The highest BCUT2D eigenvalue weighted by Gasteiger charge is 2.19. The van der Waals surface area contributed by atoms with Crippen LogP contribution in [0.15, 0.2) is 218 Å². The van der Waals surface area contributed by atoms with Crippen LogP contribution in [-0.2, 0) is 0 Å². The van der Waals surface area contributed by atoms with E-state index < -0.39 is 0 Å². The molecule has 5 heteroatoms. The molecule has 4 nitrogen and oxygen atoms in total. The fourth-order valence-electron chi connectivity index (χ4n) is 8.95. The third kappa shape index (κ3) is 6.18. The second kappa shape index (κ2) is 14.9. The molecule has 0 aliphatic heterocycles. The zero-order valence-corrected chi connectivity index (χ0v) is 34.3. The predicted molar refractivity (Wildman–Crippen MR) is 260 cm³/mol. The van der Waals surface area contributed by atoms with Gasteiger partial charge in [-0.05, 0) is 69.8 Å². The molecule has 0 saturated carbocycles. The van der Waals surface area contributed by atoms with Crippen LogP contribution in [-0.4, -0.2) is 19.5 Å². The van der Waals surface area contributed by atoms with Crippen molar-refractivity contribution in [2.24, 2.45) is 0 Å². The molecule has 3 heterocycles. The highest BCUT2D eigenvalue weighted by molar-refractivity contribution is 7.26. The zero-order chi connectivity index (χ0) is 41.0. The molecular weight excluding hydrogens is 773 g/mol. The lowest BCUT2D eigenvalue weighted by molar-refractivity contribution is 1.07. The number of aromatic nitrogens is 4. The lowest BCUT2D eigenvalue weighted by atomic mass is 9.91. The second-order valence-electron chi connectivity index (χ2n) is 15.6. The number of benzene rings is 9. The molecule has 0 N–H and O–H groups in total. The van der Waals surface area contributed by atoms with Gasteiger partial charge in [0.1, 0.15) is 0 Å². The molecule has 12 aromatic rings. The Bertz CT molecular complexity index is 3610. The summed E-state index contributed by atoms with van der Waals surface area (Å²) in [6.45, 7) is 0. The molecule has 0 amide bonds. The van der Waals surface area contributed by atoms with Crippen molar-refractivity contribution in [3.05, 3.63) is 218 Å². The van der Waals surface area contributed by atoms with Gasteiger partial charge in [0.05, 0.1) is 11.0 Å². The van der Waals surface area contributed by atoms with Crippen LogP contribution in [0, 0.1) is 0 Å². The molecule has 62 heavy (non-hydrogen) atoms. The Morgan fingerprint density at radius 2 is 0.823 bits per heavy atom. The standard InChI is InChI=1S/C57H36N4S/c1-4-15-37(16-5-1)38-27-29-40(30-28-38)56-58-55(39-17-6-2-7-18-39)59-57(60-56)42-32-34-49-53(36-42)62-52-26-14-24-48(54(49)52)45-22-11-10-21-44(45)41-31-33-47-46-23-12-13-25-50(46)61(51(47)35-41)43-19-8-3-9-20-43/h1-36H. The molecule has 0 atom stereocenters. The molecule has 0 spiro atoms. The van der Waals surface area contributed by atoms with Crippen molar-refractivity contribution in [3.63, 3.8) is 0 Å². The van der Waals surface area contributed by atoms with Crippen LogP contribution in [0.1, 0.15) is 0 Å². The van der Waals surface area contributed by atoms with E-state index >= 15 is 0 Å². The Kier molecular flexibility index (Phi) is 8.65. The summed E-state index contributed by atoms with van der Waals surface area (Å²) in [5.41, 5.74) is 13.5. The monoisotopic (exact) mass is 808 g/mol. The van der Waals surface area contributed by atoms with Gasteiger partial charge < -0.3 is 4.57 Å². The molecule has 0 fully saturated rings. The Morgan fingerprint density at radius 1 is 0.306 bits per heavy atom. The number of thiophene rings is 1. The van der Waals surface area contributed by atoms with Crippen LogP contribution in [0.2, 0.25) is 0 Å². The van der Waals surface area contributed by atoms with Crippen molar-refractivity contribution in [2.75, 3.05) is 0 Å². The molecule has 0 aliphatic carbocycles. The smallest absolute Gasteiger partial charge is 0.164 e. The summed E-state index contributed by atoms with van der Waals surface area (Å²) in [5, 5.41) is 4.97. The Labute approximate surface area is 362 Å². The van der Waals surface area contributed by atoms with Gasteiger partial charge in [0, 0.05) is 53.3 Å². The van der Waals surface area contributed by atoms with Gasteiger partial charge in [0.2, 0.25) is 0 Å². The summed E-state index contributed by atoms with van der Waals surface area (Å²) >= 11 is 1.81. The van der Waals surface area contributed by atoms with E-state index in [1.807, 2.05) is 35.6 Å². The van der Waals surface area contributed by atoms with E-state index in [2.05, 4.69) is 199 Å². The number of hydrogen-bond acceptors (Lipinski definition) is 4. The van der Waals surface area contributed by atoms with Gasteiger partial charge in [0.25, 0.3) is 0 Å². The van der Waals surface area contributed by atoms with Crippen molar-refractivity contribution in [1.82, 2.24) is 19.5 Å². The normalized spacial score (nSPS) is 11.5. The van der Waals surface area contributed by atoms with E-state index in [1.165, 1.54) is 69.8 Å². The number of para-hydroxylation sites is 2. The number of nitrogens with zero attached hydrogens (tertiary/aromatic N) is 4. The first-order chi connectivity index (χ1) is 30.7. The van der Waals surface area contributed by atoms with Crippen LogP contribution in [0.5, 0.6) is 0 Å². The minimum atomic E-state index is 0.645. The fraction of sp³-hybridized carbons (Fsp3) is 0. The number of fused-ring (bicyclic) bond motifs is 6. The van der Waals surface area contributed by atoms with E-state index in [1.54, 1.807) is 0 Å². The predicted octanol–water partition coefficient (Wildman–Crippen LogP) is 15.3. The molecule has 0 saturated heterocycles. The molecule has 290 valence electrons. The third-order valence-corrected chi connectivity index (χ3v) is 13.0. The van der Waals surface area contributed by atoms with Crippen LogP contribution in [0.3, 0.4) is 0 Å². The highest BCUT2D eigenvalue weighted by Crippen LogP contribution is 2.45. The van der Waals surface area contributed by atoms with Crippen molar-refractivity contribution >= 4 is 53.3 Å². The molecule has 9 aromatic carbocycles. The zero-order valence-electron chi connectivity index (χ0n) is 33.5. The van der Waals surface area contributed by atoms with E-state index in [4.69, 9.17) is 15.0 Å². The maximum atomic E-state index is 5.11. The molecule has 0 unspecified atom stereocenters. The number of rotatable bonds is 7. The summed E-state index contributed by atoms with van der Waals surface area (Å²) in [6, 6.07) is 77.6. The van der Waals surface area contributed by atoms with Gasteiger partial charge in [0.15, 0.2) is 17.5 Å². The molecule has 0 aliphatic rings. The SMILES string of the molecule is c1ccc(-c2ccc(-c3nc(-c4ccccc4)nc(-c4ccc5c(c4)sc4cccc(-c6ccccc6-c6ccc7c8ccccc8n(-c8ccccc8)c7c6)c45)n3)cc2)cc1. The largest absolute Gasteiger partial charge is 0.309 e. The number of hydrogen-bond donors (Lipinski definition) is 0. The Balaban J connectivity index is 0.973. The van der Waals surface area contributed by atoms with Crippen LogP contribution in [0.25, 0.3) is 115 Å². The van der Waals surface area contributed by atoms with Crippen molar-refractivity contribution in [3.8, 4) is 73.2 Å². The van der Waals surface area contributed by atoms with Crippen LogP contribution >= 0.6 is 11.3 Å². The molecular formula is C57H36N4S. The van der Waals surface area contributed by atoms with Gasteiger partial charge in [-0.1, -0.05) is 182 Å². The summed E-state index contributed by atoms with van der Waals surface area (Å²) in [7, 11) is 0. The lowest BCUT2D eigenvalue weighted by Gasteiger charge is -2.13. The lowest BCUT2D eigenvalue weighted by Crippen LogP contribution is -2.00. The minimum absolute atomic E-state index is 0.645. The van der Waals surface area contributed by atoms with Crippen molar-refractivity contribution in [2.45, 2.75) is 0 Å². The van der Waals surface area contributed by atoms with Gasteiger partial charge >= 0.3 is 0 Å². The third-order valence-electron chi connectivity index (χ3n) is 11.9. The summed E-state index contributed by atoms with van der Waals surface area (Å²) in [6.07, 6.45) is 0. The molecule has 0 bridgehead atoms. The van der Waals surface area contributed by atoms with Crippen molar-refractivity contribution < 1.29 is 0 Å². The summed E-state index contributed by atoms with van der Waals surface area (Å²) < 4.78 is 4.82. The van der Waals surface area contributed by atoms with E-state index in [0.717, 1.165) is 27.9 Å². The van der Waals surface area contributed by atoms with Gasteiger partial charge in [-0.25, -0.2) is 15.0 Å². The minimum Gasteiger partial charge on any atom is -0.309 e. The summed E-state index contributed by atoms with van der Waals surface area (Å²) in [4.78, 5) is 15.2. The Morgan fingerprint density at radius 3 is 1.58 bits per heavy atom. The quantitative estimate of drug-likeness (QED) is 0.161. The van der Waals surface area contributed by atoms with Gasteiger partial charge in [-0.3, -0.25) is 0 Å². The average molecular weight is 809 g/mol. The first kappa shape index (κ1) is 35.9. The fourth-order valence-corrected chi connectivity index (χ4v) is 10.1. The maximum absolute atomic E-state index is 5.11. The molecule has 0 radical (unpaired) electrons. The first-order valence-corrected chi connectivity index (χ1v) is 21.7. The van der Waals surface area contributed by atoms with Gasteiger partial charge in [-0.2, -0.15) is 0 Å². The van der Waals surface area contributed by atoms with Crippen LogP contribution in [0.4, 0.5) is 0 Å².